The molecule has 0 unspecified atom stereocenters. The van der Waals surface area contributed by atoms with Gasteiger partial charge in [0.25, 0.3) is 0 Å². The van der Waals surface area contributed by atoms with Crippen LogP contribution in [0.15, 0.2) is 36.4 Å². The summed E-state index contributed by atoms with van der Waals surface area (Å²) in [6.07, 6.45) is -9.12. The third-order valence-corrected chi connectivity index (χ3v) is 3.34. The second-order valence-electron chi connectivity index (χ2n) is 5.04. The van der Waals surface area contributed by atoms with Crippen molar-refractivity contribution in [2.45, 2.75) is 26.2 Å². The number of ether oxygens (including phenoxy) is 1. The minimum atomic E-state index is -4.57. The topological polar surface area (TPSA) is 9.23 Å². The van der Waals surface area contributed by atoms with Crippen molar-refractivity contribution >= 4 is 0 Å². The molecule has 0 amide bonds. The first kappa shape index (κ1) is 17.2. The molecule has 0 fully saturated rings. The maximum Gasteiger partial charge on any atom is 0.416 e. The van der Waals surface area contributed by atoms with E-state index in [0.717, 1.165) is 24.3 Å². The number of aryl methyl sites for hydroxylation is 1. The fourth-order valence-corrected chi connectivity index (χ4v) is 2.05. The summed E-state index contributed by atoms with van der Waals surface area (Å²) >= 11 is 0. The molecule has 0 heterocycles. The van der Waals surface area contributed by atoms with Gasteiger partial charge in [0.2, 0.25) is 0 Å². The van der Waals surface area contributed by atoms with Gasteiger partial charge in [-0.3, -0.25) is 0 Å². The highest BCUT2D eigenvalue weighted by molar-refractivity contribution is 5.44. The molecule has 0 aliphatic carbocycles. The van der Waals surface area contributed by atoms with Gasteiger partial charge in [-0.2, -0.15) is 26.3 Å². The molecule has 0 aromatic heterocycles. The highest BCUT2D eigenvalue weighted by Gasteiger charge is 2.34. The third kappa shape index (κ3) is 3.97. The van der Waals surface area contributed by atoms with E-state index in [-0.39, 0.29) is 17.1 Å². The molecule has 0 saturated heterocycles. The highest BCUT2D eigenvalue weighted by atomic mass is 19.4. The first-order chi connectivity index (χ1) is 10.5. The predicted molar refractivity (Wildman–Crippen MR) is 72.4 cm³/mol. The normalized spacial score (nSPS) is 12.3. The van der Waals surface area contributed by atoms with E-state index in [4.69, 9.17) is 4.74 Å². The molecule has 0 N–H and O–H groups in total. The number of alkyl halides is 6. The molecule has 0 spiro atoms. The molecular formula is C16H12F6O. The number of hydrogen-bond acceptors (Lipinski definition) is 1. The summed E-state index contributed by atoms with van der Waals surface area (Å²) in [5.74, 6) is -0.351. The van der Waals surface area contributed by atoms with Crippen molar-refractivity contribution < 1.29 is 31.1 Å². The van der Waals surface area contributed by atoms with E-state index in [1.165, 1.54) is 26.0 Å². The van der Waals surface area contributed by atoms with E-state index < -0.39 is 23.5 Å². The molecule has 0 saturated carbocycles. The molecule has 124 valence electrons. The van der Waals surface area contributed by atoms with E-state index in [0.29, 0.717) is 5.56 Å². The average Bonchev–Trinajstić information content (AvgIpc) is 2.41. The third-order valence-electron chi connectivity index (χ3n) is 3.34. The van der Waals surface area contributed by atoms with E-state index in [2.05, 4.69) is 0 Å². The summed E-state index contributed by atoms with van der Waals surface area (Å²) in [5, 5.41) is 0. The quantitative estimate of drug-likeness (QED) is 0.600. The lowest BCUT2D eigenvalue weighted by atomic mass is 10.0. The van der Waals surface area contributed by atoms with Crippen LogP contribution >= 0.6 is 0 Å². The van der Waals surface area contributed by atoms with Crippen LogP contribution in [-0.2, 0) is 12.4 Å². The van der Waals surface area contributed by atoms with Gasteiger partial charge in [-0.15, -0.1) is 0 Å². The Labute approximate surface area is 128 Å². The van der Waals surface area contributed by atoms with Crippen molar-refractivity contribution in [3.05, 3.63) is 58.7 Å². The lowest BCUT2D eigenvalue weighted by molar-refractivity contribution is -0.138. The highest BCUT2D eigenvalue weighted by Crippen LogP contribution is 2.37. The van der Waals surface area contributed by atoms with Crippen molar-refractivity contribution in [1.82, 2.24) is 0 Å². The number of hydrogen-bond donors (Lipinski definition) is 0. The van der Waals surface area contributed by atoms with Crippen LogP contribution in [0.1, 0.15) is 22.3 Å². The zero-order chi connectivity index (χ0) is 17.4. The summed E-state index contributed by atoms with van der Waals surface area (Å²) in [5.41, 5.74) is -1.43. The van der Waals surface area contributed by atoms with Gasteiger partial charge in [0.15, 0.2) is 0 Å². The number of benzene rings is 2. The van der Waals surface area contributed by atoms with E-state index in [9.17, 15) is 26.3 Å². The average molecular weight is 334 g/mol. The maximum absolute atomic E-state index is 13.0. The van der Waals surface area contributed by atoms with Crippen molar-refractivity contribution in [3.8, 4) is 11.5 Å². The molecule has 0 aliphatic heterocycles. The van der Waals surface area contributed by atoms with Gasteiger partial charge in [0.05, 0.1) is 11.1 Å². The fraction of sp³-hybridized carbons (Fsp3) is 0.250. The fourth-order valence-electron chi connectivity index (χ4n) is 2.05. The Morgan fingerprint density at radius 3 is 2.00 bits per heavy atom. The summed E-state index contributed by atoms with van der Waals surface area (Å²) in [6.45, 7) is 2.80. The second kappa shape index (κ2) is 5.79. The second-order valence-corrected chi connectivity index (χ2v) is 5.04. The Balaban J connectivity index is 2.40. The van der Waals surface area contributed by atoms with Gasteiger partial charge < -0.3 is 4.74 Å². The van der Waals surface area contributed by atoms with E-state index >= 15 is 0 Å². The van der Waals surface area contributed by atoms with Crippen molar-refractivity contribution in [3.63, 3.8) is 0 Å². The zero-order valence-corrected chi connectivity index (χ0v) is 12.1. The number of halogens is 6. The summed E-state index contributed by atoms with van der Waals surface area (Å²) in [7, 11) is 0. The number of rotatable bonds is 2. The SMILES string of the molecule is Cc1cc(Oc2cccc(C(F)(F)F)c2)cc(C(F)(F)F)c1C. The first-order valence-corrected chi connectivity index (χ1v) is 6.52. The smallest absolute Gasteiger partial charge is 0.416 e. The van der Waals surface area contributed by atoms with Crippen LogP contribution in [0.2, 0.25) is 0 Å². The molecular weight excluding hydrogens is 322 g/mol. The van der Waals surface area contributed by atoms with E-state index in [1.54, 1.807) is 0 Å². The monoisotopic (exact) mass is 334 g/mol. The summed E-state index contributed by atoms with van der Waals surface area (Å²) in [4.78, 5) is 0. The van der Waals surface area contributed by atoms with Crippen LogP contribution in [0.25, 0.3) is 0 Å². The van der Waals surface area contributed by atoms with Gasteiger partial charge >= 0.3 is 12.4 Å². The largest absolute Gasteiger partial charge is 0.457 e. The Morgan fingerprint density at radius 1 is 0.783 bits per heavy atom. The van der Waals surface area contributed by atoms with Crippen LogP contribution < -0.4 is 4.74 Å². The zero-order valence-electron chi connectivity index (χ0n) is 12.1. The Kier molecular flexibility index (Phi) is 4.32. The van der Waals surface area contributed by atoms with Gasteiger partial charge in [0, 0.05) is 0 Å². The molecule has 23 heavy (non-hydrogen) atoms. The molecule has 2 rings (SSSR count). The Bertz CT molecular complexity index is 715. The predicted octanol–water partition coefficient (Wildman–Crippen LogP) is 6.13. The molecule has 0 bridgehead atoms. The minimum absolute atomic E-state index is 0.0499. The van der Waals surface area contributed by atoms with Gasteiger partial charge in [-0.25, -0.2) is 0 Å². The van der Waals surface area contributed by atoms with E-state index in [1.807, 2.05) is 0 Å². The van der Waals surface area contributed by atoms with Gasteiger partial charge in [-0.05, 0) is 55.3 Å². The molecule has 0 aliphatic rings. The van der Waals surface area contributed by atoms with Crippen LogP contribution in [-0.4, -0.2) is 0 Å². The summed E-state index contributed by atoms with van der Waals surface area (Å²) in [6, 6.07) is 6.10. The molecule has 0 atom stereocenters. The van der Waals surface area contributed by atoms with Crippen molar-refractivity contribution in [2.24, 2.45) is 0 Å². The molecule has 7 heteroatoms. The molecule has 0 radical (unpaired) electrons. The molecule has 2 aromatic rings. The van der Waals surface area contributed by atoms with Crippen molar-refractivity contribution in [2.75, 3.05) is 0 Å². The molecule has 2 aromatic carbocycles. The molecule has 1 nitrogen and oxygen atoms in total. The van der Waals surface area contributed by atoms with Gasteiger partial charge in [-0.1, -0.05) is 6.07 Å². The first-order valence-electron chi connectivity index (χ1n) is 6.52. The van der Waals surface area contributed by atoms with Crippen LogP contribution in [0, 0.1) is 13.8 Å². The maximum atomic E-state index is 13.0. The van der Waals surface area contributed by atoms with Crippen LogP contribution in [0.5, 0.6) is 11.5 Å². The van der Waals surface area contributed by atoms with Crippen molar-refractivity contribution in [1.29, 1.82) is 0 Å². The standard InChI is InChI=1S/C16H12F6O/c1-9-6-13(8-14(10(9)2)16(20,21)22)23-12-5-3-4-11(7-12)15(17,18)19/h3-8H,1-2H3. The van der Waals surface area contributed by atoms with Crippen LogP contribution in [0.3, 0.4) is 0 Å². The Hall–Kier alpha value is -2.18. The lowest BCUT2D eigenvalue weighted by Crippen LogP contribution is -2.09. The van der Waals surface area contributed by atoms with Gasteiger partial charge in [0.1, 0.15) is 11.5 Å². The summed E-state index contributed by atoms with van der Waals surface area (Å²) < 4.78 is 82.0. The minimum Gasteiger partial charge on any atom is -0.457 e. The lowest BCUT2D eigenvalue weighted by Gasteiger charge is -2.15. The Morgan fingerprint density at radius 2 is 1.43 bits per heavy atom. The van der Waals surface area contributed by atoms with Crippen LogP contribution in [0.4, 0.5) is 26.3 Å².